The zero-order valence-electron chi connectivity index (χ0n) is 18.1. The van der Waals surface area contributed by atoms with Crippen LogP contribution in [0.1, 0.15) is 33.6 Å². The Morgan fingerprint density at radius 3 is 2.06 bits per heavy atom. The van der Waals surface area contributed by atoms with Gasteiger partial charge in [0.2, 0.25) is 0 Å². The van der Waals surface area contributed by atoms with Gasteiger partial charge in [0, 0.05) is 29.0 Å². The molecule has 0 radical (unpaired) electrons. The van der Waals surface area contributed by atoms with Crippen molar-refractivity contribution in [2.75, 3.05) is 0 Å². The highest BCUT2D eigenvalue weighted by atomic mass is 16.6. The quantitative estimate of drug-likeness (QED) is 0.269. The predicted octanol–water partition coefficient (Wildman–Crippen LogP) is 6.69. The number of pyridine rings is 1. The number of non-ortho nitro benzene ring substituents is 1. The van der Waals surface area contributed by atoms with E-state index in [9.17, 15) is 10.1 Å². The van der Waals surface area contributed by atoms with Crippen LogP contribution in [-0.2, 0) is 25.7 Å². The molecule has 0 unspecified atom stereocenters. The normalized spacial score (nSPS) is 13.7. The number of nitrogens with zero attached hydrogens (tertiary/aromatic N) is 2. The Labute approximate surface area is 192 Å². The molecule has 1 aromatic heterocycles. The number of aromatic nitrogens is 1. The SMILES string of the molecule is O=[N+]([O-])c1ccc(/C=C/c2nc3c(c4c2-c2ccccc2CC4)-c2ccccc2CC3)cc1. The highest BCUT2D eigenvalue weighted by molar-refractivity contribution is 5.90. The lowest BCUT2D eigenvalue weighted by molar-refractivity contribution is -0.384. The lowest BCUT2D eigenvalue weighted by Gasteiger charge is -2.29. The number of rotatable bonds is 3. The average molecular weight is 431 g/mol. The van der Waals surface area contributed by atoms with Crippen molar-refractivity contribution in [2.45, 2.75) is 25.7 Å². The molecule has 4 aromatic rings. The predicted molar refractivity (Wildman–Crippen MR) is 132 cm³/mol. The highest BCUT2D eigenvalue weighted by Crippen LogP contribution is 2.45. The molecule has 0 N–H and O–H groups in total. The van der Waals surface area contributed by atoms with Gasteiger partial charge in [-0.05, 0) is 77.3 Å². The first-order valence-electron chi connectivity index (χ1n) is 11.3. The third-order valence-corrected chi connectivity index (χ3v) is 6.79. The maximum absolute atomic E-state index is 11.0. The van der Waals surface area contributed by atoms with E-state index in [1.807, 2.05) is 6.08 Å². The molecule has 0 fully saturated rings. The van der Waals surface area contributed by atoms with Crippen molar-refractivity contribution >= 4 is 17.8 Å². The minimum Gasteiger partial charge on any atom is -0.258 e. The summed E-state index contributed by atoms with van der Waals surface area (Å²) < 4.78 is 0. The van der Waals surface area contributed by atoms with Crippen LogP contribution in [-0.4, -0.2) is 9.91 Å². The molecule has 4 heteroatoms. The molecule has 0 spiro atoms. The zero-order valence-corrected chi connectivity index (χ0v) is 18.1. The Balaban J connectivity index is 1.54. The maximum Gasteiger partial charge on any atom is 0.269 e. The van der Waals surface area contributed by atoms with E-state index < -0.39 is 0 Å². The van der Waals surface area contributed by atoms with Crippen LogP contribution in [0.2, 0.25) is 0 Å². The number of benzene rings is 3. The van der Waals surface area contributed by atoms with Gasteiger partial charge in [-0.2, -0.15) is 0 Å². The summed E-state index contributed by atoms with van der Waals surface area (Å²) in [5.41, 5.74) is 12.5. The molecule has 6 rings (SSSR count). The second-order valence-electron chi connectivity index (χ2n) is 8.67. The summed E-state index contributed by atoms with van der Waals surface area (Å²) in [6.07, 6.45) is 8.07. The third-order valence-electron chi connectivity index (χ3n) is 6.79. The number of nitro benzene ring substituents is 1. The van der Waals surface area contributed by atoms with E-state index in [4.69, 9.17) is 4.98 Å². The van der Waals surface area contributed by atoms with Gasteiger partial charge in [-0.1, -0.05) is 54.6 Å². The molecule has 0 bridgehead atoms. The average Bonchev–Trinajstić information content (AvgIpc) is 2.86. The van der Waals surface area contributed by atoms with Gasteiger partial charge < -0.3 is 0 Å². The van der Waals surface area contributed by atoms with Crippen molar-refractivity contribution < 1.29 is 4.92 Å². The monoisotopic (exact) mass is 430 g/mol. The number of hydrogen-bond donors (Lipinski definition) is 0. The first-order chi connectivity index (χ1) is 16.2. The second-order valence-corrected chi connectivity index (χ2v) is 8.67. The van der Waals surface area contributed by atoms with E-state index in [-0.39, 0.29) is 10.6 Å². The van der Waals surface area contributed by atoms with Crippen molar-refractivity contribution in [3.05, 3.63) is 117 Å². The van der Waals surface area contributed by atoms with Crippen molar-refractivity contribution in [2.24, 2.45) is 0 Å². The van der Waals surface area contributed by atoms with Gasteiger partial charge in [0.05, 0.1) is 10.6 Å². The van der Waals surface area contributed by atoms with Crippen LogP contribution in [0, 0.1) is 10.1 Å². The Bertz CT molecular complexity index is 1430. The summed E-state index contributed by atoms with van der Waals surface area (Å²) in [7, 11) is 0. The molecule has 2 aliphatic carbocycles. The third kappa shape index (κ3) is 3.35. The van der Waals surface area contributed by atoms with E-state index in [1.165, 1.54) is 44.6 Å². The van der Waals surface area contributed by atoms with Gasteiger partial charge in [-0.15, -0.1) is 0 Å². The smallest absolute Gasteiger partial charge is 0.258 e. The van der Waals surface area contributed by atoms with Crippen LogP contribution in [0.4, 0.5) is 5.69 Å². The molecule has 2 aliphatic rings. The molecule has 3 aromatic carbocycles. The molecule has 33 heavy (non-hydrogen) atoms. The lowest BCUT2D eigenvalue weighted by atomic mass is 9.77. The Morgan fingerprint density at radius 1 is 0.727 bits per heavy atom. The summed E-state index contributed by atoms with van der Waals surface area (Å²) in [6.45, 7) is 0. The Kier molecular flexibility index (Phi) is 4.65. The molecule has 0 aliphatic heterocycles. The molecule has 0 saturated heterocycles. The standard InChI is InChI=1S/C29H22N2O2/c32-31(33)22-14-9-19(10-15-22)11-17-26-28-23-7-3-1-5-20(23)12-16-25(28)29-24-8-4-2-6-21(24)13-18-27(29)30-26/h1-11,14-15,17H,12-13,16,18H2/b17-11+. The van der Waals surface area contributed by atoms with Gasteiger partial charge in [-0.25, -0.2) is 0 Å². The van der Waals surface area contributed by atoms with Gasteiger partial charge in [0.1, 0.15) is 0 Å². The fourth-order valence-corrected chi connectivity index (χ4v) is 5.24. The number of fused-ring (bicyclic) bond motifs is 7. The molecule has 0 amide bonds. The molecule has 4 nitrogen and oxygen atoms in total. The summed E-state index contributed by atoms with van der Waals surface area (Å²) in [6, 6.07) is 24.0. The zero-order chi connectivity index (χ0) is 22.4. The molecule has 160 valence electrons. The first-order valence-corrected chi connectivity index (χ1v) is 11.3. The topological polar surface area (TPSA) is 56.0 Å². The Hall–Kier alpha value is -4.05. The molecule has 0 atom stereocenters. The van der Waals surface area contributed by atoms with Crippen LogP contribution < -0.4 is 0 Å². The van der Waals surface area contributed by atoms with Crippen molar-refractivity contribution in [3.8, 4) is 22.3 Å². The van der Waals surface area contributed by atoms with Crippen LogP contribution in [0.15, 0.2) is 72.8 Å². The number of aryl methyl sites for hydroxylation is 3. The van der Waals surface area contributed by atoms with E-state index in [0.29, 0.717) is 0 Å². The van der Waals surface area contributed by atoms with E-state index >= 15 is 0 Å². The summed E-state index contributed by atoms with van der Waals surface area (Å²) >= 11 is 0. The largest absolute Gasteiger partial charge is 0.269 e. The highest BCUT2D eigenvalue weighted by Gasteiger charge is 2.28. The fraction of sp³-hybridized carbons (Fsp3) is 0.138. The minimum atomic E-state index is -0.371. The van der Waals surface area contributed by atoms with Crippen molar-refractivity contribution in [1.82, 2.24) is 4.98 Å². The van der Waals surface area contributed by atoms with Gasteiger partial charge >= 0.3 is 0 Å². The van der Waals surface area contributed by atoms with E-state index in [2.05, 4.69) is 54.6 Å². The Morgan fingerprint density at radius 2 is 1.36 bits per heavy atom. The van der Waals surface area contributed by atoms with Crippen LogP contribution >= 0.6 is 0 Å². The second kappa shape index (κ2) is 7.82. The van der Waals surface area contributed by atoms with Crippen LogP contribution in [0.5, 0.6) is 0 Å². The summed E-state index contributed by atoms with van der Waals surface area (Å²) in [5, 5.41) is 11.0. The number of hydrogen-bond acceptors (Lipinski definition) is 3. The van der Waals surface area contributed by atoms with Crippen molar-refractivity contribution in [3.63, 3.8) is 0 Å². The first kappa shape index (κ1) is 19.6. The van der Waals surface area contributed by atoms with E-state index in [1.54, 1.807) is 24.3 Å². The molecule has 0 saturated carbocycles. The molecular formula is C29H22N2O2. The van der Waals surface area contributed by atoms with Gasteiger partial charge in [0.15, 0.2) is 0 Å². The summed E-state index contributed by atoms with van der Waals surface area (Å²) in [5.74, 6) is 0. The summed E-state index contributed by atoms with van der Waals surface area (Å²) in [4.78, 5) is 15.8. The fourth-order valence-electron chi connectivity index (χ4n) is 5.24. The molecular weight excluding hydrogens is 408 g/mol. The van der Waals surface area contributed by atoms with Crippen LogP contribution in [0.25, 0.3) is 34.4 Å². The van der Waals surface area contributed by atoms with Gasteiger partial charge in [0.25, 0.3) is 5.69 Å². The number of nitro groups is 1. The molecule has 1 heterocycles. The van der Waals surface area contributed by atoms with Crippen LogP contribution in [0.3, 0.4) is 0 Å². The van der Waals surface area contributed by atoms with Gasteiger partial charge in [-0.3, -0.25) is 15.1 Å². The lowest BCUT2D eigenvalue weighted by Crippen LogP contribution is -2.15. The minimum absolute atomic E-state index is 0.101. The maximum atomic E-state index is 11.0. The van der Waals surface area contributed by atoms with E-state index in [0.717, 1.165) is 36.9 Å². The van der Waals surface area contributed by atoms with Crippen molar-refractivity contribution in [1.29, 1.82) is 0 Å².